The van der Waals surface area contributed by atoms with E-state index in [0.29, 0.717) is 35.8 Å². The third-order valence-corrected chi connectivity index (χ3v) is 13.6. The minimum atomic E-state index is -0.640. The van der Waals surface area contributed by atoms with E-state index < -0.39 is 11.5 Å². The molecule has 3 saturated heterocycles. The second kappa shape index (κ2) is 13.9. The molecule has 2 N–H and O–H groups in total. The van der Waals surface area contributed by atoms with E-state index in [1.165, 1.54) is 5.56 Å². The zero-order valence-corrected chi connectivity index (χ0v) is 32.7. The van der Waals surface area contributed by atoms with Crippen LogP contribution in [0.5, 0.6) is 0 Å². The van der Waals surface area contributed by atoms with Crippen molar-refractivity contribution in [3.05, 3.63) is 65.6 Å². The van der Waals surface area contributed by atoms with E-state index in [1.807, 2.05) is 30.5 Å². The van der Waals surface area contributed by atoms with Crippen LogP contribution < -0.4 is 20.4 Å². The molecule has 0 radical (unpaired) electrons. The Morgan fingerprint density at radius 1 is 0.895 bits per heavy atom. The van der Waals surface area contributed by atoms with Crippen molar-refractivity contribution in [3.8, 4) is 0 Å². The van der Waals surface area contributed by atoms with E-state index >= 15 is 0 Å². The van der Waals surface area contributed by atoms with Crippen LogP contribution in [0.2, 0.25) is 0 Å². The molecule has 4 aromatic rings. The van der Waals surface area contributed by atoms with E-state index in [0.717, 1.165) is 112 Å². The van der Waals surface area contributed by atoms with Gasteiger partial charge in [0.2, 0.25) is 23.7 Å². The lowest BCUT2D eigenvalue weighted by Crippen LogP contribution is -2.54. The van der Waals surface area contributed by atoms with Gasteiger partial charge in [-0.25, -0.2) is 9.97 Å². The Labute approximate surface area is 332 Å². The predicted molar refractivity (Wildman–Crippen MR) is 216 cm³/mol. The van der Waals surface area contributed by atoms with Crippen LogP contribution in [-0.4, -0.2) is 105 Å². The van der Waals surface area contributed by atoms with Crippen molar-refractivity contribution in [1.82, 2.24) is 34.6 Å². The number of piperidine rings is 2. The number of hydrogen-bond acceptors (Lipinski definition) is 10. The van der Waals surface area contributed by atoms with E-state index in [1.54, 1.807) is 30.1 Å². The monoisotopic (exact) mass is 770 g/mol. The third-order valence-electron chi connectivity index (χ3n) is 13.6. The average Bonchev–Trinajstić information content (AvgIpc) is 3.56. The van der Waals surface area contributed by atoms with E-state index in [2.05, 4.69) is 42.1 Å². The Bertz CT molecular complexity index is 2270. The zero-order chi connectivity index (χ0) is 39.0. The van der Waals surface area contributed by atoms with Crippen LogP contribution in [0, 0.1) is 0 Å². The summed E-state index contributed by atoms with van der Waals surface area (Å²) < 4.78 is 2.13. The molecule has 2 aliphatic carbocycles. The van der Waals surface area contributed by atoms with Crippen LogP contribution in [0.4, 0.5) is 23.1 Å². The Morgan fingerprint density at radius 3 is 2.40 bits per heavy atom. The maximum atomic E-state index is 13.9. The van der Waals surface area contributed by atoms with Gasteiger partial charge in [0.25, 0.3) is 5.91 Å². The molecule has 6 aliphatic rings. The normalized spacial score (nSPS) is 23.8. The molecular weight excluding hydrogens is 721 g/mol. The van der Waals surface area contributed by atoms with Gasteiger partial charge in [-0.2, -0.15) is 4.98 Å². The zero-order valence-electron chi connectivity index (χ0n) is 32.7. The fraction of sp³-hybridized carbons (Fsp3) is 0.512. The van der Waals surface area contributed by atoms with Crippen LogP contribution in [0.1, 0.15) is 104 Å². The molecule has 14 nitrogen and oxygen atoms in total. The fourth-order valence-corrected chi connectivity index (χ4v) is 10.4. The Balaban J connectivity index is 0.783. The van der Waals surface area contributed by atoms with Crippen LogP contribution in [0.3, 0.4) is 0 Å². The molecule has 7 heterocycles. The smallest absolute Gasteiger partial charge is 0.270 e. The maximum absolute atomic E-state index is 13.9. The van der Waals surface area contributed by atoms with Crippen LogP contribution >= 0.6 is 0 Å². The fourth-order valence-electron chi connectivity index (χ4n) is 10.4. The van der Waals surface area contributed by atoms with Crippen molar-refractivity contribution in [2.24, 2.45) is 0 Å². The number of nitrogens with one attached hydrogen (secondary N) is 2. The molecule has 14 heteroatoms. The maximum Gasteiger partial charge on any atom is 0.270 e. The first-order valence-electron chi connectivity index (χ1n) is 20.8. The molecule has 4 aliphatic heterocycles. The number of fused-ring (bicyclic) bond motifs is 3. The largest absolute Gasteiger partial charge is 0.370 e. The van der Waals surface area contributed by atoms with Crippen molar-refractivity contribution in [1.29, 1.82) is 0 Å². The van der Waals surface area contributed by atoms with Gasteiger partial charge >= 0.3 is 0 Å². The van der Waals surface area contributed by atoms with Crippen LogP contribution in [-0.2, 0) is 19.8 Å². The number of carbonyl (C=O) groups is 4. The highest BCUT2D eigenvalue weighted by Gasteiger charge is 2.62. The molecule has 2 atom stereocenters. The second-order valence-electron chi connectivity index (χ2n) is 17.2. The highest BCUT2D eigenvalue weighted by molar-refractivity contribution is 6.16. The van der Waals surface area contributed by atoms with Crippen molar-refractivity contribution in [2.75, 3.05) is 55.4 Å². The van der Waals surface area contributed by atoms with Crippen molar-refractivity contribution in [2.45, 2.75) is 100 Å². The number of amides is 4. The van der Waals surface area contributed by atoms with Gasteiger partial charge in [0.15, 0.2) is 0 Å². The first-order chi connectivity index (χ1) is 27.7. The second-order valence-corrected chi connectivity index (χ2v) is 17.2. The number of carbonyl (C=O) groups excluding carboxylic acids is 4. The highest BCUT2D eigenvalue weighted by Crippen LogP contribution is 2.61. The number of aromatic nitrogens is 4. The number of pyridine rings is 1. The lowest BCUT2D eigenvalue weighted by Gasteiger charge is -2.36. The number of nitrogens with zero attached hydrogens (tertiary/aromatic N) is 8. The SMILES string of the molecule is CN(C)C(=O)c1cc2cnc(Nc3ccc(C4CCN([C@@H]5CCN(c6cccc7c6C6(CC6)C(=O)N7[C@@H]6CCC(=O)NC6=O)C5)CC4)cn3)nc2n1C1CCCC1. The van der Waals surface area contributed by atoms with Gasteiger partial charge < -0.3 is 19.7 Å². The molecule has 5 fully saturated rings. The number of imide groups is 1. The summed E-state index contributed by atoms with van der Waals surface area (Å²) in [5.74, 6) is 0.944. The lowest BCUT2D eigenvalue weighted by atomic mass is 9.90. The minimum absolute atomic E-state index is 0.0172. The van der Waals surface area contributed by atoms with Gasteiger partial charge in [-0.15, -0.1) is 0 Å². The number of likely N-dealkylation sites (tertiary alicyclic amines) is 1. The summed E-state index contributed by atoms with van der Waals surface area (Å²) in [7, 11) is 3.57. The number of hydrogen-bond donors (Lipinski definition) is 2. The predicted octanol–water partition coefficient (Wildman–Crippen LogP) is 5.03. The summed E-state index contributed by atoms with van der Waals surface area (Å²) in [6, 6.07) is 12.3. The Kier molecular flexibility index (Phi) is 8.80. The summed E-state index contributed by atoms with van der Waals surface area (Å²) in [6.07, 6.45) is 13.6. The standard InChI is InChI=1S/C43H50N10O4/c1-49(2)40(56)34-22-28-24-45-42(48-38(28)52(34)29-6-3-4-7-29)46-35-12-10-27(23-44-35)26-14-19-50(20-15-26)30-16-21-51(25-30)31-8-5-9-32-37(31)43(17-18-43)41(57)53(32)33-11-13-36(54)47-39(33)55/h5,8-10,12,22-24,26,29-30,33H,3-4,6-7,11,13-21,25H2,1-2H3,(H,47,54,55)(H,44,45,46,48)/t30-,33-/m1/s1. The molecule has 3 aromatic heterocycles. The summed E-state index contributed by atoms with van der Waals surface area (Å²) in [5.41, 5.74) is 5.20. The van der Waals surface area contributed by atoms with Gasteiger partial charge in [-0.3, -0.25) is 34.3 Å². The first-order valence-corrected chi connectivity index (χ1v) is 20.8. The summed E-state index contributed by atoms with van der Waals surface area (Å²) in [5, 5.41) is 6.63. The third kappa shape index (κ3) is 6.14. The molecule has 1 aromatic carbocycles. The molecule has 2 saturated carbocycles. The van der Waals surface area contributed by atoms with Gasteiger partial charge in [0, 0.05) is 74.7 Å². The molecule has 10 rings (SSSR count). The topological polar surface area (TPSA) is 149 Å². The molecule has 57 heavy (non-hydrogen) atoms. The van der Waals surface area contributed by atoms with Crippen molar-refractivity contribution in [3.63, 3.8) is 0 Å². The lowest BCUT2D eigenvalue weighted by molar-refractivity contribution is -0.135. The van der Waals surface area contributed by atoms with E-state index in [9.17, 15) is 19.2 Å². The molecule has 1 spiro atoms. The molecule has 4 amide bonds. The van der Waals surface area contributed by atoms with Gasteiger partial charge in [0.1, 0.15) is 23.2 Å². The van der Waals surface area contributed by atoms with Gasteiger partial charge in [0.05, 0.1) is 11.1 Å². The summed E-state index contributed by atoms with van der Waals surface area (Å²) in [4.78, 5) is 74.5. The number of anilines is 4. The van der Waals surface area contributed by atoms with Crippen molar-refractivity contribution < 1.29 is 19.2 Å². The van der Waals surface area contributed by atoms with Crippen LogP contribution in [0.25, 0.3) is 11.0 Å². The molecule has 0 bridgehead atoms. The van der Waals surface area contributed by atoms with Crippen LogP contribution in [0.15, 0.2) is 48.8 Å². The summed E-state index contributed by atoms with van der Waals surface area (Å²) >= 11 is 0. The van der Waals surface area contributed by atoms with Gasteiger partial charge in [-0.05, 0) is 100 Å². The average molecular weight is 771 g/mol. The number of rotatable bonds is 8. The highest BCUT2D eigenvalue weighted by atomic mass is 16.2. The van der Waals surface area contributed by atoms with Gasteiger partial charge in [-0.1, -0.05) is 25.0 Å². The number of benzene rings is 1. The molecule has 296 valence electrons. The van der Waals surface area contributed by atoms with E-state index in [-0.39, 0.29) is 36.1 Å². The van der Waals surface area contributed by atoms with E-state index in [4.69, 9.17) is 9.97 Å². The minimum Gasteiger partial charge on any atom is -0.370 e. The first kappa shape index (κ1) is 36.0. The summed E-state index contributed by atoms with van der Waals surface area (Å²) in [6.45, 7) is 3.89. The Hall–Kier alpha value is -5.37. The molecular formula is C43H50N10O4. The van der Waals surface area contributed by atoms with Crippen molar-refractivity contribution >= 4 is 57.8 Å². The quantitative estimate of drug-likeness (QED) is 0.234. The molecule has 0 unspecified atom stereocenters. The Morgan fingerprint density at radius 2 is 1.68 bits per heavy atom.